The summed E-state index contributed by atoms with van der Waals surface area (Å²) in [5.74, 6) is 2.53. The van der Waals surface area contributed by atoms with Crippen LogP contribution in [0, 0.1) is 6.92 Å². The highest BCUT2D eigenvalue weighted by atomic mass is 16.5. The third kappa shape index (κ3) is 3.76. The Morgan fingerprint density at radius 3 is 2.74 bits per heavy atom. The summed E-state index contributed by atoms with van der Waals surface area (Å²) < 4.78 is 10.8. The molecule has 1 aromatic heterocycles. The van der Waals surface area contributed by atoms with Gasteiger partial charge in [-0.25, -0.2) is 0 Å². The minimum Gasteiger partial charge on any atom is -0.504 e. The van der Waals surface area contributed by atoms with Gasteiger partial charge in [-0.3, -0.25) is 0 Å². The van der Waals surface area contributed by atoms with E-state index in [-0.39, 0.29) is 5.75 Å². The average molecular weight is 261 g/mol. The first kappa shape index (κ1) is 13.5. The molecule has 2 aromatic rings. The van der Waals surface area contributed by atoms with Gasteiger partial charge < -0.3 is 19.6 Å². The number of furan rings is 1. The molecule has 19 heavy (non-hydrogen) atoms. The molecule has 4 heteroatoms. The molecule has 1 heterocycles. The topological polar surface area (TPSA) is 54.6 Å². The van der Waals surface area contributed by atoms with Crippen LogP contribution in [0.1, 0.15) is 24.0 Å². The van der Waals surface area contributed by atoms with Crippen LogP contribution in [0.2, 0.25) is 0 Å². The zero-order chi connectivity index (χ0) is 13.7. The summed E-state index contributed by atoms with van der Waals surface area (Å²) in [5.41, 5.74) is 1.06. The Kier molecular flexibility index (Phi) is 4.47. The van der Waals surface area contributed by atoms with Gasteiger partial charge in [0, 0.05) is 6.54 Å². The largest absolute Gasteiger partial charge is 0.504 e. The fraction of sp³-hybridized carbons (Fsp3) is 0.333. The van der Waals surface area contributed by atoms with Crippen LogP contribution in [-0.2, 0) is 13.1 Å². The Morgan fingerprint density at radius 1 is 1.21 bits per heavy atom. The monoisotopic (exact) mass is 261 g/mol. The van der Waals surface area contributed by atoms with Crippen molar-refractivity contribution >= 4 is 0 Å². The summed E-state index contributed by atoms with van der Waals surface area (Å²) in [6.45, 7) is 5.73. The van der Waals surface area contributed by atoms with Crippen molar-refractivity contribution in [3.05, 3.63) is 47.4 Å². The lowest BCUT2D eigenvalue weighted by Gasteiger charge is -2.08. The number of benzene rings is 1. The van der Waals surface area contributed by atoms with Crippen molar-refractivity contribution in [2.75, 3.05) is 6.61 Å². The standard InChI is InChI=1S/C15H19NO3/c1-3-18-15-8-12(5-7-14(15)17)9-16-10-13-6-4-11(2)19-13/h4-8,16-17H,3,9-10H2,1-2H3. The quantitative estimate of drug-likeness (QED) is 0.839. The van der Waals surface area contributed by atoms with Crippen LogP contribution in [0.4, 0.5) is 0 Å². The molecule has 0 aliphatic carbocycles. The number of aryl methyl sites for hydroxylation is 1. The molecule has 0 saturated heterocycles. The van der Waals surface area contributed by atoms with E-state index in [1.54, 1.807) is 6.07 Å². The lowest BCUT2D eigenvalue weighted by atomic mass is 10.2. The molecular weight excluding hydrogens is 242 g/mol. The van der Waals surface area contributed by atoms with Gasteiger partial charge in [0.25, 0.3) is 0 Å². The van der Waals surface area contributed by atoms with Crippen LogP contribution in [0.5, 0.6) is 11.5 Å². The Hall–Kier alpha value is -1.94. The number of phenolic OH excluding ortho intramolecular Hbond substituents is 1. The van der Waals surface area contributed by atoms with Crippen LogP contribution in [0.15, 0.2) is 34.7 Å². The number of hydrogen-bond acceptors (Lipinski definition) is 4. The maximum absolute atomic E-state index is 9.61. The van der Waals surface area contributed by atoms with Crippen molar-refractivity contribution < 1.29 is 14.3 Å². The maximum atomic E-state index is 9.61. The van der Waals surface area contributed by atoms with Crippen LogP contribution in [-0.4, -0.2) is 11.7 Å². The second-order valence-corrected chi connectivity index (χ2v) is 4.35. The summed E-state index contributed by atoms with van der Waals surface area (Å²) in [6, 6.07) is 9.28. The van der Waals surface area contributed by atoms with Gasteiger partial charge in [0.2, 0.25) is 0 Å². The van der Waals surface area contributed by atoms with Crippen molar-refractivity contribution in [3.63, 3.8) is 0 Å². The van der Waals surface area contributed by atoms with Gasteiger partial charge in [0.15, 0.2) is 11.5 Å². The minimum absolute atomic E-state index is 0.173. The lowest BCUT2D eigenvalue weighted by molar-refractivity contribution is 0.317. The highest BCUT2D eigenvalue weighted by Crippen LogP contribution is 2.26. The molecule has 0 saturated carbocycles. The number of ether oxygens (including phenoxy) is 1. The van der Waals surface area contributed by atoms with E-state index >= 15 is 0 Å². The van der Waals surface area contributed by atoms with E-state index in [1.807, 2.05) is 38.1 Å². The summed E-state index contributed by atoms with van der Waals surface area (Å²) in [7, 11) is 0. The van der Waals surface area contributed by atoms with E-state index in [2.05, 4.69) is 5.32 Å². The summed E-state index contributed by atoms with van der Waals surface area (Å²) in [6.07, 6.45) is 0. The van der Waals surface area contributed by atoms with Gasteiger partial charge in [-0.15, -0.1) is 0 Å². The van der Waals surface area contributed by atoms with Gasteiger partial charge in [-0.2, -0.15) is 0 Å². The molecule has 0 bridgehead atoms. The molecule has 1 aromatic carbocycles. The Morgan fingerprint density at radius 2 is 2.05 bits per heavy atom. The van der Waals surface area contributed by atoms with E-state index < -0.39 is 0 Å². The Bertz CT molecular complexity index is 534. The zero-order valence-corrected chi connectivity index (χ0v) is 11.3. The first-order chi connectivity index (χ1) is 9.19. The van der Waals surface area contributed by atoms with E-state index in [0.29, 0.717) is 25.4 Å². The summed E-state index contributed by atoms with van der Waals surface area (Å²) in [4.78, 5) is 0. The maximum Gasteiger partial charge on any atom is 0.161 e. The number of phenols is 1. The van der Waals surface area contributed by atoms with Crippen molar-refractivity contribution in [1.82, 2.24) is 5.32 Å². The molecule has 2 N–H and O–H groups in total. The summed E-state index contributed by atoms with van der Waals surface area (Å²) >= 11 is 0. The fourth-order valence-corrected chi connectivity index (χ4v) is 1.85. The van der Waals surface area contributed by atoms with Crippen LogP contribution in [0.3, 0.4) is 0 Å². The molecule has 0 fully saturated rings. The molecular formula is C15H19NO3. The number of aromatic hydroxyl groups is 1. The first-order valence-electron chi connectivity index (χ1n) is 6.39. The molecule has 0 radical (unpaired) electrons. The van der Waals surface area contributed by atoms with Crippen LogP contribution in [0.25, 0.3) is 0 Å². The molecule has 2 rings (SSSR count). The number of nitrogens with one attached hydrogen (secondary N) is 1. The normalized spacial score (nSPS) is 10.6. The molecule has 102 valence electrons. The number of rotatable bonds is 6. The molecule has 0 aliphatic heterocycles. The Labute approximate surface area is 113 Å². The second-order valence-electron chi connectivity index (χ2n) is 4.35. The molecule has 0 aliphatic rings. The van der Waals surface area contributed by atoms with E-state index in [1.165, 1.54) is 0 Å². The first-order valence-corrected chi connectivity index (χ1v) is 6.39. The van der Waals surface area contributed by atoms with Crippen molar-refractivity contribution in [2.45, 2.75) is 26.9 Å². The average Bonchev–Trinajstić information content (AvgIpc) is 2.79. The van der Waals surface area contributed by atoms with Gasteiger partial charge in [-0.05, 0) is 43.7 Å². The molecule has 0 spiro atoms. The zero-order valence-electron chi connectivity index (χ0n) is 11.3. The van der Waals surface area contributed by atoms with Gasteiger partial charge in [-0.1, -0.05) is 6.07 Å². The third-order valence-corrected chi connectivity index (χ3v) is 2.75. The van der Waals surface area contributed by atoms with E-state index in [9.17, 15) is 5.11 Å². The highest BCUT2D eigenvalue weighted by Gasteiger charge is 2.04. The lowest BCUT2D eigenvalue weighted by Crippen LogP contribution is -2.12. The van der Waals surface area contributed by atoms with Crippen molar-refractivity contribution in [1.29, 1.82) is 0 Å². The van der Waals surface area contributed by atoms with E-state index in [4.69, 9.17) is 9.15 Å². The second kappa shape index (κ2) is 6.29. The van der Waals surface area contributed by atoms with Crippen molar-refractivity contribution in [3.8, 4) is 11.5 Å². The summed E-state index contributed by atoms with van der Waals surface area (Å²) in [5, 5.41) is 12.9. The van der Waals surface area contributed by atoms with Gasteiger partial charge >= 0.3 is 0 Å². The fourth-order valence-electron chi connectivity index (χ4n) is 1.85. The molecule has 4 nitrogen and oxygen atoms in total. The third-order valence-electron chi connectivity index (χ3n) is 2.75. The SMILES string of the molecule is CCOc1cc(CNCc2ccc(C)o2)ccc1O. The smallest absolute Gasteiger partial charge is 0.161 e. The predicted octanol–water partition coefficient (Wildman–Crippen LogP) is 2.98. The Balaban J connectivity index is 1.90. The van der Waals surface area contributed by atoms with Crippen LogP contribution < -0.4 is 10.1 Å². The minimum atomic E-state index is 0.173. The molecule has 0 amide bonds. The number of hydrogen-bond donors (Lipinski definition) is 2. The highest BCUT2D eigenvalue weighted by molar-refractivity contribution is 5.41. The van der Waals surface area contributed by atoms with E-state index in [0.717, 1.165) is 17.1 Å². The van der Waals surface area contributed by atoms with Gasteiger partial charge in [0.05, 0.1) is 13.2 Å². The van der Waals surface area contributed by atoms with Crippen molar-refractivity contribution in [2.24, 2.45) is 0 Å². The molecule has 0 unspecified atom stereocenters. The van der Waals surface area contributed by atoms with Crippen LogP contribution >= 0.6 is 0 Å². The van der Waals surface area contributed by atoms with Gasteiger partial charge in [0.1, 0.15) is 11.5 Å². The predicted molar refractivity (Wildman–Crippen MR) is 73.3 cm³/mol. The molecule has 0 atom stereocenters.